The van der Waals surface area contributed by atoms with E-state index in [1.165, 1.54) is 4.90 Å². The number of hydrogen-bond acceptors (Lipinski definition) is 4. The van der Waals surface area contributed by atoms with Crippen molar-refractivity contribution in [2.24, 2.45) is 0 Å². The molecule has 0 aliphatic carbocycles. The van der Waals surface area contributed by atoms with Crippen molar-refractivity contribution >= 4 is 40.9 Å². The molecular weight excluding hydrogens is 444 g/mol. The SMILES string of the molecule is CC(C)(Br)C=O.CC(C)(C=O)N1CCC(F)(F)C1.Cl.FC1(F)CCNC1. The van der Waals surface area contributed by atoms with Gasteiger partial charge in [-0.2, -0.15) is 0 Å². The van der Waals surface area contributed by atoms with E-state index in [4.69, 9.17) is 0 Å². The van der Waals surface area contributed by atoms with Gasteiger partial charge in [-0.25, -0.2) is 17.6 Å². The molecule has 26 heavy (non-hydrogen) atoms. The van der Waals surface area contributed by atoms with Crippen molar-refractivity contribution in [1.82, 2.24) is 10.2 Å². The quantitative estimate of drug-likeness (QED) is 0.387. The van der Waals surface area contributed by atoms with Gasteiger partial charge in [0.15, 0.2) is 0 Å². The van der Waals surface area contributed by atoms with Gasteiger partial charge in [0.05, 0.1) is 23.0 Å². The molecule has 0 atom stereocenters. The molecule has 1 N–H and O–H groups in total. The Balaban J connectivity index is 0. The van der Waals surface area contributed by atoms with Gasteiger partial charge in [-0.15, -0.1) is 12.4 Å². The lowest BCUT2D eigenvalue weighted by Crippen LogP contribution is -2.44. The second-order valence-corrected chi connectivity index (χ2v) is 9.31. The number of carbonyl (C=O) groups excluding carboxylic acids is 2. The number of likely N-dealkylation sites (tertiary alicyclic amines) is 1. The van der Waals surface area contributed by atoms with Crippen molar-refractivity contribution < 1.29 is 27.2 Å². The summed E-state index contributed by atoms with van der Waals surface area (Å²) in [5, 5.41) is 2.56. The number of nitrogens with one attached hydrogen (secondary N) is 1. The molecule has 2 aliphatic heterocycles. The van der Waals surface area contributed by atoms with Gasteiger partial charge >= 0.3 is 0 Å². The van der Waals surface area contributed by atoms with E-state index in [0.717, 1.165) is 6.29 Å². The van der Waals surface area contributed by atoms with E-state index in [9.17, 15) is 27.2 Å². The number of carbonyl (C=O) groups is 2. The molecule has 4 nitrogen and oxygen atoms in total. The Bertz CT molecular complexity index is 438. The van der Waals surface area contributed by atoms with Gasteiger partial charge < -0.3 is 14.9 Å². The van der Waals surface area contributed by atoms with Crippen molar-refractivity contribution in [3.63, 3.8) is 0 Å². The zero-order valence-corrected chi connectivity index (χ0v) is 17.9. The van der Waals surface area contributed by atoms with Gasteiger partial charge in [0, 0.05) is 25.9 Å². The standard InChI is InChI=1S/C8H13F2NO.C4H7BrO.C4H7F2N.ClH/c1-7(2,6-12)11-4-3-8(9,10)5-11;1-4(2,5)3-6;5-4(6)1-2-7-3-4;/h6H,3-5H2,1-2H3;3H,1-2H3;7H,1-3H2;1H. The van der Waals surface area contributed by atoms with Crippen LogP contribution < -0.4 is 5.32 Å². The fraction of sp³-hybridized carbons (Fsp3) is 0.875. The first kappa shape index (κ1) is 28.0. The Labute approximate surface area is 167 Å². The normalized spacial score (nSPS) is 21.4. The van der Waals surface area contributed by atoms with Crippen molar-refractivity contribution in [3.8, 4) is 0 Å². The van der Waals surface area contributed by atoms with Gasteiger partial charge in [-0.05, 0) is 27.7 Å². The van der Waals surface area contributed by atoms with Crippen molar-refractivity contribution in [2.45, 2.75) is 62.2 Å². The highest BCUT2D eigenvalue weighted by molar-refractivity contribution is 9.10. The highest BCUT2D eigenvalue weighted by Gasteiger charge is 2.43. The average Bonchev–Trinajstić information content (AvgIpc) is 3.04. The maximum Gasteiger partial charge on any atom is 0.261 e. The minimum Gasteiger partial charge on any atom is -0.311 e. The summed E-state index contributed by atoms with van der Waals surface area (Å²) in [7, 11) is 0. The van der Waals surface area contributed by atoms with Gasteiger partial charge in [-0.3, -0.25) is 4.90 Å². The molecule has 0 saturated carbocycles. The van der Waals surface area contributed by atoms with E-state index in [2.05, 4.69) is 21.2 Å². The Kier molecular flexibility index (Phi) is 11.7. The van der Waals surface area contributed by atoms with Crippen LogP contribution in [-0.2, 0) is 9.59 Å². The van der Waals surface area contributed by atoms with E-state index < -0.39 is 17.4 Å². The average molecular weight is 472 g/mol. The maximum atomic E-state index is 12.7. The third kappa shape index (κ3) is 12.2. The van der Waals surface area contributed by atoms with Crippen molar-refractivity contribution in [2.75, 3.05) is 26.2 Å². The van der Waals surface area contributed by atoms with E-state index in [1.807, 2.05) is 0 Å². The molecule has 0 bridgehead atoms. The van der Waals surface area contributed by atoms with Gasteiger partial charge in [0.2, 0.25) is 0 Å². The third-order valence-corrected chi connectivity index (χ3v) is 3.79. The molecule has 2 heterocycles. The monoisotopic (exact) mass is 470 g/mol. The lowest BCUT2D eigenvalue weighted by molar-refractivity contribution is -0.117. The van der Waals surface area contributed by atoms with Gasteiger partial charge in [-0.1, -0.05) is 15.9 Å². The van der Waals surface area contributed by atoms with Gasteiger partial charge in [0.25, 0.3) is 11.8 Å². The third-order valence-electron chi connectivity index (χ3n) is 3.60. The van der Waals surface area contributed by atoms with Crippen LogP contribution >= 0.6 is 28.3 Å². The van der Waals surface area contributed by atoms with E-state index in [1.54, 1.807) is 27.7 Å². The highest BCUT2D eigenvalue weighted by atomic mass is 79.9. The Morgan fingerprint density at radius 1 is 1.00 bits per heavy atom. The molecule has 2 saturated heterocycles. The van der Waals surface area contributed by atoms with E-state index in [-0.39, 0.29) is 42.7 Å². The van der Waals surface area contributed by atoms with Crippen LogP contribution in [0.2, 0.25) is 0 Å². The summed E-state index contributed by atoms with van der Waals surface area (Å²) in [5.41, 5.74) is -0.750. The lowest BCUT2D eigenvalue weighted by Gasteiger charge is -2.29. The molecule has 10 heteroatoms. The summed E-state index contributed by atoms with van der Waals surface area (Å²) in [6.45, 7) is 7.24. The molecule has 0 aromatic carbocycles. The lowest BCUT2D eigenvalue weighted by atomic mass is 10.1. The molecule has 2 fully saturated rings. The van der Waals surface area contributed by atoms with Crippen LogP contribution in [0.3, 0.4) is 0 Å². The number of hydrogen-bond donors (Lipinski definition) is 1. The number of aldehydes is 2. The van der Waals surface area contributed by atoms with E-state index in [0.29, 0.717) is 19.4 Å². The molecule has 0 aromatic heterocycles. The van der Waals surface area contributed by atoms with Crippen molar-refractivity contribution in [1.29, 1.82) is 0 Å². The van der Waals surface area contributed by atoms with Crippen LogP contribution in [0.1, 0.15) is 40.5 Å². The molecule has 0 spiro atoms. The first-order chi connectivity index (χ1) is 11.1. The van der Waals surface area contributed by atoms with Crippen LogP contribution in [0.25, 0.3) is 0 Å². The molecule has 156 valence electrons. The summed E-state index contributed by atoms with van der Waals surface area (Å²) >= 11 is 3.11. The zero-order valence-electron chi connectivity index (χ0n) is 15.5. The molecule has 0 radical (unpaired) electrons. The number of nitrogens with zero attached hydrogens (tertiary/aromatic N) is 1. The van der Waals surface area contributed by atoms with Crippen LogP contribution in [-0.4, -0.2) is 65.4 Å². The first-order valence-electron chi connectivity index (χ1n) is 7.97. The molecule has 2 rings (SSSR count). The molecular formula is C16H28BrClF4N2O2. The summed E-state index contributed by atoms with van der Waals surface area (Å²) in [6, 6.07) is 0. The summed E-state index contributed by atoms with van der Waals surface area (Å²) in [4.78, 5) is 21.8. The molecule has 0 aromatic rings. The molecule has 0 unspecified atom stereocenters. The summed E-state index contributed by atoms with van der Waals surface area (Å²) in [5.74, 6) is -5.03. The molecule has 2 aliphatic rings. The van der Waals surface area contributed by atoms with Crippen LogP contribution in [0, 0.1) is 0 Å². The van der Waals surface area contributed by atoms with Crippen molar-refractivity contribution in [3.05, 3.63) is 0 Å². The second kappa shape index (κ2) is 10.9. The summed E-state index contributed by atoms with van der Waals surface area (Å²) < 4.78 is 48.8. The fourth-order valence-electron chi connectivity index (χ4n) is 1.93. The summed E-state index contributed by atoms with van der Waals surface area (Å²) in [6.07, 6.45) is 1.44. The predicted octanol–water partition coefficient (Wildman–Crippen LogP) is 3.70. The topological polar surface area (TPSA) is 49.4 Å². The second-order valence-electron chi connectivity index (χ2n) is 7.26. The number of halogens is 6. The molecule has 0 amide bonds. The highest BCUT2D eigenvalue weighted by Crippen LogP contribution is 2.30. The van der Waals surface area contributed by atoms with Crippen LogP contribution in [0.5, 0.6) is 0 Å². The van der Waals surface area contributed by atoms with Gasteiger partial charge in [0.1, 0.15) is 12.6 Å². The predicted molar refractivity (Wildman–Crippen MR) is 100 cm³/mol. The minimum atomic E-state index is -2.61. The Morgan fingerprint density at radius 3 is 1.69 bits per heavy atom. The first-order valence-corrected chi connectivity index (χ1v) is 8.76. The smallest absolute Gasteiger partial charge is 0.261 e. The fourth-order valence-corrected chi connectivity index (χ4v) is 1.93. The largest absolute Gasteiger partial charge is 0.311 e. The maximum absolute atomic E-state index is 12.7. The number of rotatable bonds is 3. The van der Waals surface area contributed by atoms with Crippen LogP contribution in [0.15, 0.2) is 0 Å². The van der Waals surface area contributed by atoms with Crippen LogP contribution in [0.4, 0.5) is 17.6 Å². The number of alkyl halides is 5. The Hall–Kier alpha value is -0.250. The minimum absolute atomic E-state index is 0. The van der Waals surface area contributed by atoms with E-state index >= 15 is 0 Å². The Morgan fingerprint density at radius 2 is 1.50 bits per heavy atom. The zero-order chi connectivity index (χ0) is 19.9.